The fourth-order valence-corrected chi connectivity index (χ4v) is 2.82. The Balaban J connectivity index is 0.00000117. The first kappa shape index (κ1) is 19.6. The summed E-state index contributed by atoms with van der Waals surface area (Å²) in [5, 5.41) is 12.1. The number of hydrogen-bond acceptors (Lipinski definition) is 4. The molecule has 1 aliphatic heterocycles. The number of benzene rings is 1. The number of aromatic nitrogens is 1. The molecule has 0 saturated heterocycles. The molecule has 140 valence electrons. The first-order chi connectivity index (χ1) is 12.4. The van der Waals surface area contributed by atoms with Gasteiger partial charge in [-0.2, -0.15) is 0 Å². The average Bonchev–Trinajstić information content (AvgIpc) is 2.63. The van der Waals surface area contributed by atoms with Gasteiger partial charge in [0.1, 0.15) is 6.67 Å². The number of pyridine rings is 1. The zero-order valence-corrected chi connectivity index (χ0v) is 16.1. The van der Waals surface area contributed by atoms with E-state index in [9.17, 15) is 14.7 Å². The standard InChI is InChI=1S/C18H21N3O3.C2H6/c1-12(2)20-11-19(10-14-6-4-13(3)5-7-14)21-9-8-15(22)17(23)16(21)18(20)24;1-2/h4-9,12,23H,10-11H2,1-3H3;1-2H3. The molecule has 0 unspecified atom stereocenters. The SMILES string of the molecule is CC.Cc1ccc(CN2CN(C(C)C)C(=O)c3c(O)c(=O)ccn32)cc1. The topological polar surface area (TPSA) is 65.8 Å². The third-order valence-corrected chi connectivity index (χ3v) is 4.25. The predicted molar refractivity (Wildman–Crippen MR) is 103 cm³/mol. The van der Waals surface area contributed by atoms with Gasteiger partial charge in [0.25, 0.3) is 5.91 Å². The van der Waals surface area contributed by atoms with Crippen LogP contribution in [0.15, 0.2) is 41.3 Å². The highest BCUT2D eigenvalue weighted by atomic mass is 16.3. The van der Waals surface area contributed by atoms with E-state index in [0.717, 1.165) is 5.56 Å². The number of rotatable bonds is 3. The van der Waals surface area contributed by atoms with Crippen LogP contribution >= 0.6 is 0 Å². The Hall–Kier alpha value is -2.76. The summed E-state index contributed by atoms with van der Waals surface area (Å²) in [6, 6.07) is 9.38. The second-order valence-corrected chi connectivity index (χ2v) is 6.38. The van der Waals surface area contributed by atoms with Crippen molar-refractivity contribution in [2.45, 2.75) is 47.2 Å². The lowest BCUT2D eigenvalue weighted by Crippen LogP contribution is -2.55. The van der Waals surface area contributed by atoms with E-state index in [0.29, 0.717) is 13.2 Å². The van der Waals surface area contributed by atoms with Gasteiger partial charge in [-0.3, -0.25) is 19.3 Å². The van der Waals surface area contributed by atoms with Crippen molar-refractivity contribution in [2.75, 3.05) is 11.7 Å². The average molecular weight is 357 g/mol. The van der Waals surface area contributed by atoms with Crippen LogP contribution in [0.4, 0.5) is 0 Å². The zero-order valence-electron chi connectivity index (χ0n) is 16.1. The Morgan fingerprint density at radius 1 is 1.08 bits per heavy atom. The normalized spacial score (nSPS) is 13.4. The van der Waals surface area contributed by atoms with Crippen molar-refractivity contribution in [3.05, 3.63) is 63.6 Å². The van der Waals surface area contributed by atoms with Crippen molar-refractivity contribution < 1.29 is 9.90 Å². The molecule has 1 aromatic carbocycles. The number of hydrogen-bond donors (Lipinski definition) is 1. The molecule has 6 heteroatoms. The van der Waals surface area contributed by atoms with E-state index in [1.165, 1.54) is 11.6 Å². The van der Waals surface area contributed by atoms with Crippen LogP contribution in [0, 0.1) is 6.92 Å². The van der Waals surface area contributed by atoms with Crippen molar-refractivity contribution >= 4 is 5.91 Å². The highest BCUT2D eigenvalue weighted by Gasteiger charge is 2.33. The van der Waals surface area contributed by atoms with Crippen molar-refractivity contribution in [3.8, 4) is 5.75 Å². The quantitative estimate of drug-likeness (QED) is 0.917. The van der Waals surface area contributed by atoms with Crippen molar-refractivity contribution in [2.24, 2.45) is 0 Å². The van der Waals surface area contributed by atoms with E-state index < -0.39 is 11.2 Å². The largest absolute Gasteiger partial charge is 0.502 e. The Labute approximate surface area is 154 Å². The van der Waals surface area contributed by atoms with Gasteiger partial charge in [0.2, 0.25) is 5.43 Å². The fraction of sp³-hybridized carbons (Fsp3) is 0.400. The highest BCUT2D eigenvalue weighted by Crippen LogP contribution is 2.22. The van der Waals surface area contributed by atoms with Crippen molar-refractivity contribution in [3.63, 3.8) is 0 Å². The minimum Gasteiger partial charge on any atom is -0.502 e. The lowest BCUT2D eigenvalue weighted by molar-refractivity contribution is 0.0628. The van der Waals surface area contributed by atoms with Gasteiger partial charge < -0.3 is 10.0 Å². The number of carbonyl (C=O) groups is 1. The molecule has 26 heavy (non-hydrogen) atoms. The molecule has 0 saturated carbocycles. The Morgan fingerprint density at radius 2 is 1.69 bits per heavy atom. The van der Waals surface area contributed by atoms with Gasteiger partial charge in [-0.05, 0) is 26.3 Å². The van der Waals surface area contributed by atoms with E-state index in [1.807, 2.05) is 63.9 Å². The predicted octanol–water partition coefficient (Wildman–Crippen LogP) is 2.85. The van der Waals surface area contributed by atoms with E-state index in [1.54, 1.807) is 15.8 Å². The summed E-state index contributed by atoms with van der Waals surface area (Å²) in [5.41, 5.74) is 1.74. The number of aromatic hydroxyl groups is 1. The molecule has 0 aliphatic carbocycles. The van der Waals surface area contributed by atoms with Gasteiger partial charge in [-0.25, -0.2) is 0 Å². The van der Waals surface area contributed by atoms with Crippen LogP contribution in [0.2, 0.25) is 0 Å². The number of aryl methyl sites for hydroxylation is 1. The maximum absolute atomic E-state index is 12.7. The number of fused-ring (bicyclic) bond motifs is 1. The van der Waals surface area contributed by atoms with Gasteiger partial charge in [-0.15, -0.1) is 0 Å². The van der Waals surface area contributed by atoms with E-state index in [-0.39, 0.29) is 17.6 Å². The van der Waals surface area contributed by atoms with Gasteiger partial charge in [0.15, 0.2) is 11.4 Å². The minimum atomic E-state index is -0.546. The monoisotopic (exact) mass is 357 g/mol. The molecule has 1 amide bonds. The number of nitrogens with zero attached hydrogens (tertiary/aromatic N) is 3. The molecule has 1 aliphatic rings. The van der Waals surface area contributed by atoms with E-state index in [2.05, 4.69) is 0 Å². The Morgan fingerprint density at radius 3 is 2.27 bits per heavy atom. The van der Waals surface area contributed by atoms with E-state index in [4.69, 9.17) is 0 Å². The number of carbonyl (C=O) groups excluding carboxylic acids is 1. The Kier molecular flexibility index (Phi) is 6.08. The van der Waals surface area contributed by atoms with Crippen LogP contribution < -0.4 is 10.4 Å². The molecule has 3 rings (SSSR count). The van der Waals surface area contributed by atoms with Crippen LogP contribution in [0.3, 0.4) is 0 Å². The van der Waals surface area contributed by atoms with Gasteiger partial charge in [-0.1, -0.05) is 43.7 Å². The fourth-order valence-electron chi connectivity index (χ4n) is 2.82. The zero-order chi connectivity index (χ0) is 19.4. The summed E-state index contributed by atoms with van der Waals surface area (Å²) < 4.78 is 1.58. The molecule has 0 spiro atoms. The van der Waals surface area contributed by atoms with Crippen LogP contribution in [0.25, 0.3) is 0 Å². The second kappa shape index (κ2) is 8.08. The Bertz CT molecular complexity index is 825. The highest BCUT2D eigenvalue weighted by molar-refractivity contribution is 5.96. The summed E-state index contributed by atoms with van der Waals surface area (Å²) in [5.74, 6) is -0.831. The summed E-state index contributed by atoms with van der Waals surface area (Å²) in [6.07, 6.45) is 1.54. The van der Waals surface area contributed by atoms with Crippen LogP contribution in [-0.2, 0) is 6.54 Å². The molecule has 0 atom stereocenters. The lowest BCUT2D eigenvalue weighted by Gasteiger charge is -2.41. The van der Waals surface area contributed by atoms with Crippen LogP contribution in [-0.4, -0.2) is 33.3 Å². The van der Waals surface area contributed by atoms with Crippen LogP contribution in [0.1, 0.15) is 49.3 Å². The molecule has 0 radical (unpaired) electrons. The summed E-state index contributed by atoms with van der Waals surface area (Å²) in [4.78, 5) is 26.1. The third kappa shape index (κ3) is 3.74. The molecule has 2 aromatic rings. The first-order valence-electron chi connectivity index (χ1n) is 8.95. The van der Waals surface area contributed by atoms with Crippen molar-refractivity contribution in [1.82, 2.24) is 9.58 Å². The van der Waals surface area contributed by atoms with Gasteiger partial charge in [0.05, 0.1) is 6.54 Å². The van der Waals surface area contributed by atoms with Crippen molar-refractivity contribution in [1.29, 1.82) is 0 Å². The van der Waals surface area contributed by atoms with Gasteiger partial charge in [0, 0.05) is 18.3 Å². The molecule has 1 N–H and O–H groups in total. The molecule has 1 aromatic heterocycles. The smallest absolute Gasteiger partial charge is 0.278 e. The van der Waals surface area contributed by atoms with Crippen LogP contribution in [0.5, 0.6) is 5.75 Å². The summed E-state index contributed by atoms with van der Waals surface area (Å²) >= 11 is 0. The second-order valence-electron chi connectivity index (χ2n) is 6.38. The maximum atomic E-state index is 12.7. The van der Waals surface area contributed by atoms with Gasteiger partial charge >= 0.3 is 0 Å². The molecular formula is C20H27N3O3. The first-order valence-corrected chi connectivity index (χ1v) is 8.95. The maximum Gasteiger partial charge on any atom is 0.278 e. The summed E-state index contributed by atoms with van der Waals surface area (Å²) in [7, 11) is 0. The number of amides is 1. The molecule has 2 heterocycles. The summed E-state index contributed by atoms with van der Waals surface area (Å²) in [6.45, 7) is 10.8. The molecule has 6 nitrogen and oxygen atoms in total. The molecular weight excluding hydrogens is 330 g/mol. The third-order valence-electron chi connectivity index (χ3n) is 4.25. The van der Waals surface area contributed by atoms with E-state index >= 15 is 0 Å². The molecule has 0 fully saturated rings. The molecule has 0 bridgehead atoms. The lowest BCUT2D eigenvalue weighted by atomic mass is 10.1. The minimum absolute atomic E-state index is 0.0227.